The van der Waals surface area contributed by atoms with Crippen LogP contribution in [0.3, 0.4) is 0 Å². The highest BCUT2D eigenvalue weighted by molar-refractivity contribution is 7.99. The summed E-state index contributed by atoms with van der Waals surface area (Å²) in [6.45, 7) is 0.531. The Bertz CT molecular complexity index is 927. The molecular formula is C19H16F3N3S. The number of nitriles is 1. The minimum absolute atomic E-state index is 0.332. The van der Waals surface area contributed by atoms with Crippen molar-refractivity contribution in [3.8, 4) is 6.07 Å². The molecule has 0 aliphatic rings. The molecule has 0 fully saturated rings. The fraction of sp³-hybridized carbons (Fsp3) is 0.263. The molecule has 1 aromatic heterocycles. The number of nitrogens with zero attached hydrogens (tertiary/aromatic N) is 3. The molecule has 26 heavy (non-hydrogen) atoms. The Labute approximate surface area is 153 Å². The van der Waals surface area contributed by atoms with Crippen molar-refractivity contribution in [2.45, 2.75) is 30.7 Å². The monoisotopic (exact) mass is 375 g/mol. The van der Waals surface area contributed by atoms with Crippen molar-refractivity contribution in [2.75, 3.05) is 5.75 Å². The second-order valence-electron chi connectivity index (χ2n) is 5.78. The summed E-state index contributed by atoms with van der Waals surface area (Å²) in [6, 6.07) is 15.5. The molecular weight excluding hydrogens is 359 g/mol. The number of aromatic nitrogens is 2. The van der Waals surface area contributed by atoms with E-state index in [9.17, 15) is 13.2 Å². The number of fused-ring (bicyclic) bond motifs is 1. The summed E-state index contributed by atoms with van der Waals surface area (Å²) in [5.41, 5.74) is 1.35. The fourth-order valence-electron chi connectivity index (χ4n) is 2.63. The van der Waals surface area contributed by atoms with Gasteiger partial charge in [0.05, 0.1) is 29.2 Å². The van der Waals surface area contributed by atoms with Gasteiger partial charge in [0.25, 0.3) is 0 Å². The highest BCUT2D eigenvalue weighted by Gasteiger charge is 2.31. The van der Waals surface area contributed by atoms with Crippen LogP contribution in [0.4, 0.5) is 13.2 Å². The van der Waals surface area contributed by atoms with Gasteiger partial charge in [0.1, 0.15) is 0 Å². The molecule has 2 aromatic carbocycles. The third-order valence-electron chi connectivity index (χ3n) is 3.89. The first-order chi connectivity index (χ1) is 12.5. The summed E-state index contributed by atoms with van der Waals surface area (Å²) >= 11 is 1.46. The maximum absolute atomic E-state index is 13.0. The average molecular weight is 375 g/mol. The van der Waals surface area contributed by atoms with Gasteiger partial charge in [0, 0.05) is 12.2 Å². The molecule has 0 atom stereocenters. The lowest BCUT2D eigenvalue weighted by molar-refractivity contribution is -0.137. The number of benzene rings is 2. The zero-order chi connectivity index (χ0) is 18.6. The van der Waals surface area contributed by atoms with Crippen molar-refractivity contribution in [3.63, 3.8) is 0 Å². The van der Waals surface area contributed by atoms with Crippen molar-refractivity contribution in [3.05, 3.63) is 59.7 Å². The summed E-state index contributed by atoms with van der Waals surface area (Å²) in [5, 5.41) is 9.32. The van der Waals surface area contributed by atoms with Crippen LogP contribution in [0.5, 0.6) is 0 Å². The van der Waals surface area contributed by atoms with E-state index in [0.29, 0.717) is 41.3 Å². The van der Waals surface area contributed by atoms with Crippen molar-refractivity contribution < 1.29 is 13.2 Å². The lowest BCUT2D eigenvalue weighted by atomic mass is 10.2. The smallest absolute Gasteiger partial charge is 0.314 e. The van der Waals surface area contributed by atoms with Crippen LogP contribution in [0.1, 0.15) is 24.0 Å². The van der Waals surface area contributed by atoms with Crippen LogP contribution < -0.4 is 0 Å². The molecule has 134 valence electrons. The Morgan fingerprint density at radius 2 is 1.88 bits per heavy atom. The lowest BCUT2D eigenvalue weighted by Crippen LogP contribution is -2.05. The van der Waals surface area contributed by atoms with Crippen LogP contribution in [-0.2, 0) is 12.7 Å². The lowest BCUT2D eigenvalue weighted by Gasteiger charge is -2.10. The van der Waals surface area contributed by atoms with Crippen molar-refractivity contribution in [1.29, 1.82) is 5.26 Å². The third kappa shape index (κ3) is 4.20. The number of hydrogen-bond acceptors (Lipinski definition) is 3. The highest BCUT2D eigenvalue weighted by Crippen LogP contribution is 2.33. The minimum Gasteiger partial charge on any atom is -0.314 e. The Balaban J connectivity index is 1.98. The van der Waals surface area contributed by atoms with Crippen LogP contribution in [0.25, 0.3) is 11.0 Å². The predicted octanol–water partition coefficient (Wildman–Crippen LogP) is 5.50. The molecule has 1 heterocycles. The first-order valence-corrected chi connectivity index (χ1v) is 9.09. The van der Waals surface area contributed by atoms with E-state index in [4.69, 9.17) is 5.26 Å². The van der Waals surface area contributed by atoms with Crippen LogP contribution in [-0.4, -0.2) is 15.3 Å². The molecule has 7 heteroatoms. The summed E-state index contributed by atoms with van der Waals surface area (Å²) < 4.78 is 40.9. The van der Waals surface area contributed by atoms with Crippen molar-refractivity contribution in [2.24, 2.45) is 0 Å². The third-order valence-corrected chi connectivity index (χ3v) is 4.95. The van der Waals surface area contributed by atoms with E-state index in [1.54, 1.807) is 0 Å². The molecule has 0 N–H and O–H groups in total. The van der Waals surface area contributed by atoms with E-state index in [0.717, 1.165) is 17.7 Å². The predicted molar refractivity (Wildman–Crippen MR) is 95.8 cm³/mol. The van der Waals surface area contributed by atoms with Gasteiger partial charge in [0.2, 0.25) is 0 Å². The SMILES string of the molecule is N#CCCCSc1nc2cc(C(F)(F)F)ccc2n1Cc1ccccc1. The molecule has 0 unspecified atom stereocenters. The fourth-order valence-corrected chi connectivity index (χ4v) is 3.58. The number of imidazole rings is 1. The van der Waals surface area contributed by atoms with Crippen LogP contribution >= 0.6 is 11.8 Å². The molecule has 0 amide bonds. The molecule has 0 saturated carbocycles. The molecule has 3 aromatic rings. The van der Waals surface area contributed by atoms with Crippen LogP contribution in [0, 0.1) is 11.3 Å². The standard InChI is InChI=1S/C19H16F3N3S/c20-19(21,22)15-8-9-17-16(12-15)24-18(26-11-5-4-10-23)25(17)13-14-6-2-1-3-7-14/h1-3,6-9,12H,4-5,11,13H2. The minimum atomic E-state index is -4.39. The van der Waals surface area contributed by atoms with E-state index in [2.05, 4.69) is 11.1 Å². The quantitative estimate of drug-likeness (QED) is 0.422. The zero-order valence-electron chi connectivity index (χ0n) is 13.8. The number of rotatable bonds is 6. The number of thioether (sulfide) groups is 1. The van der Waals surface area contributed by atoms with E-state index >= 15 is 0 Å². The van der Waals surface area contributed by atoms with Crippen LogP contribution in [0.15, 0.2) is 53.7 Å². The summed E-state index contributed by atoms with van der Waals surface area (Å²) in [6.07, 6.45) is -3.23. The van der Waals surface area contributed by atoms with E-state index in [1.807, 2.05) is 34.9 Å². The Kier molecular flexibility index (Phi) is 5.52. The average Bonchev–Trinajstić information content (AvgIpc) is 2.96. The summed E-state index contributed by atoms with van der Waals surface area (Å²) in [5.74, 6) is 0.692. The molecule has 0 aliphatic heterocycles. The molecule has 3 rings (SSSR count). The van der Waals surface area contributed by atoms with Gasteiger partial charge in [-0.3, -0.25) is 0 Å². The maximum atomic E-state index is 13.0. The van der Waals surface area contributed by atoms with Gasteiger partial charge in [-0.05, 0) is 30.2 Å². The Hall–Kier alpha value is -2.46. The van der Waals surface area contributed by atoms with Gasteiger partial charge >= 0.3 is 6.18 Å². The van der Waals surface area contributed by atoms with Gasteiger partial charge in [-0.25, -0.2) is 4.98 Å². The number of hydrogen-bond donors (Lipinski definition) is 0. The molecule has 0 radical (unpaired) electrons. The molecule has 0 aliphatic carbocycles. The number of alkyl halides is 3. The number of unbranched alkanes of at least 4 members (excludes halogenated alkanes) is 1. The first kappa shape index (κ1) is 18.3. The van der Waals surface area contributed by atoms with E-state index in [-0.39, 0.29) is 0 Å². The van der Waals surface area contributed by atoms with Gasteiger partial charge < -0.3 is 4.57 Å². The topological polar surface area (TPSA) is 41.6 Å². The normalized spacial score (nSPS) is 11.6. The van der Waals surface area contributed by atoms with E-state index in [1.165, 1.54) is 17.8 Å². The maximum Gasteiger partial charge on any atom is 0.416 e. The zero-order valence-corrected chi connectivity index (χ0v) is 14.6. The molecule has 0 saturated heterocycles. The highest BCUT2D eigenvalue weighted by atomic mass is 32.2. The Morgan fingerprint density at radius 3 is 2.58 bits per heavy atom. The van der Waals surface area contributed by atoms with Crippen LogP contribution in [0.2, 0.25) is 0 Å². The largest absolute Gasteiger partial charge is 0.416 e. The number of halogens is 3. The second-order valence-corrected chi connectivity index (χ2v) is 6.84. The molecule has 0 spiro atoms. The first-order valence-electron chi connectivity index (χ1n) is 8.10. The van der Waals surface area contributed by atoms with Gasteiger partial charge in [-0.15, -0.1) is 0 Å². The van der Waals surface area contributed by atoms with Gasteiger partial charge in [-0.1, -0.05) is 42.1 Å². The summed E-state index contributed by atoms with van der Waals surface area (Å²) in [7, 11) is 0. The van der Waals surface area contributed by atoms with E-state index < -0.39 is 11.7 Å². The van der Waals surface area contributed by atoms with Gasteiger partial charge in [0.15, 0.2) is 5.16 Å². The van der Waals surface area contributed by atoms with Crippen molar-refractivity contribution >= 4 is 22.8 Å². The van der Waals surface area contributed by atoms with Gasteiger partial charge in [-0.2, -0.15) is 18.4 Å². The molecule has 0 bridgehead atoms. The summed E-state index contributed by atoms with van der Waals surface area (Å²) in [4.78, 5) is 4.42. The second kappa shape index (κ2) is 7.83. The Morgan fingerprint density at radius 1 is 1.12 bits per heavy atom. The van der Waals surface area contributed by atoms with Crippen molar-refractivity contribution in [1.82, 2.24) is 9.55 Å². The molecule has 3 nitrogen and oxygen atoms in total.